The van der Waals surface area contributed by atoms with Gasteiger partial charge in [0.15, 0.2) is 5.78 Å². The van der Waals surface area contributed by atoms with Gasteiger partial charge in [0.1, 0.15) is 11.5 Å². The second kappa shape index (κ2) is 8.59. The van der Waals surface area contributed by atoms with Crippen LogP contribution in [0.25, 0.3) is 6.08 Å². The summed E-state index contributed by atoms with van der Waals surface area (Å²) in [6.45, 7) is 0. The number of methoxy groups -OCH3 is 2. The molecule has 0 heterocycles. The fraction of sp³-hybridized carbons (Fsp3) is 0.167. The van der Waals surface area contributed by atoms with Crippen LogP contribution in [0.2, 0.25) is 0 Å². The summed E-state index contributed by atoms with van der Waals surface area (Å²) in [5, 5.41) is 0. The fourth-order valence-corrected chi connectivity index (χ4v) is 5.17. The van der Waals surface area contributed by atoms with Crippen molar-refractivity contribution >= 4 is 11.9 Å². The van der Waals surface area contributed by atoms with Crippen LogP contribution in [-0.2, 0) is 23.1 Å². The Morgan fingerprint density at radius 1 is 0.788 bits per heavy atom. The van der Waals surface area contributed by atoms with E-state index in [-0.39, 0.29) is 5.78 Å². The van der Waals surface area contributed by atoms with Gasteiger partial charge in [0, 0.05) is 17.1 Å². The predicted octanol–water partition coefficient (Wildman–Crippen LogP) is 5.89. The van der Waals surface area contributed by atoms with E-state index in [0.29, 0.717) is 6.42 Å². The summed E-state index contributed by atoms with van der Waals surface area (Å²) in [6.07, 6.45) is 9.18. The van der Waals surface area contributed by atoms with Crippen LogP contribution in [0.5, 0.6) is 11.5 Å². The lowest BCUT2D eigenvalue weighted by Gasteiger charge is -2.42. The van der Waals surface area contributed by atoms with E-state index in [1.165, 1.54) is 11.1 Å². The van der Waals surface area contributed by atoms with Gasteiger partial charge in [-0.05, 0) is 65.0 Å². The number of fused-ring (bicyclic) bond motifs is 2. The monoisotopic (exact) mass is 434 g/mol. The molecule has 3 aromatic carbocycles. The van der Waals surface area contributed by atoms with Crippen molar-refractivity contribution in [2.45, 2.75) is 18.3 Å². The van der Waals surface area contributed by atoms with Gasteiger partial charge in [-0.15, -0.1) is 0 Å². The fourth-order valence-electron chi connectivity index (χ4n) is 5.17. The van der Waals surface area contributed by atoms with Gasteiger partial charge in [-0.1, -0.05) is 66.7 Å². The summed E-state index contributed by atoms with van der Waals surface area (Å²) < 4.78 is 11.1. The molecule has 0 saturated heterocycles. The Labute approximate surface area is 194 Å². The van der Waals surface area contributed by atoms with Crippen molar-refractivity contribution in [3.05, 3.63) is 124 Å². The van der Waals surface area contributed by atoms with Crippen molar-refractivity contribution in [1.82, 2.24) is 0 Å². The van der Waals surface area contributed by atoms with Crippen molar-refractivity contribution < 1.29 is 14.3 Å². The highest BCUT2D eigenvalue weighted by atomic mass is 16.5. The smallest absolute Gasteiger partial charge is 0.186 e. The first-order valence-corrected chi connectivity index (χ1v) is 11.1. The highest BCUT2D eigenvalue weighted by Crippen LogP contribution is 2.49. The third kappa shape index (κ3) is 3.80. The number of ketones is 1. The van der Waals surface area contributed by atoms with E-state index < -0.39 is 5.41 Å². The largest absolute Gasteiger partial charge is 0.497 e. The molecule has 0 fully saturated rings. The molecule has 5 rings (SSSR count). The number of ether oxygens (including phenoxy) is 2. The van der Waals surface area contributed by atoms with Gasteiger partial charge in [0.05, 0.1) is 14.2 Å². The van der Waals surface area contributed by atoms with Gasteiger partial charge in [-0.2, -0.15) is 0 Å². The first kappa shape index (κ1) is 21.0. The number of carbonyl (C=O) groups is 1. The predicted molar refractivity (Wildman–Crippen MR) is 132 cm³/mol. The standard InChI is InChI=1S/C30H26O3/c1-32-24-15-22(16-25(18-24)33-2)20-30(19-21-9-4-3-5-10-21)27-12-7-6-11-23(27)17-26-28(30)13-8-14-29(26)31/h3-18H,19-20H2,1-2H3. The molecule has 164 valence electrons. The molecule has 0 bridgehead atoms. The van der Waals surface area contributed by atoms with Crippen LogP contribution in [-0.4, -0.2) is 20.0 Å². The summed E-state index contributed by atoms with van der Waals surface area (Å²) in [5.41, 5.74) is 6.08. The summed E-state index contributed by atoms with van der Waals surface area (Å²) >= 11 is 0. The van der Waals surface area contributed by atoms with Gasteiger partial charge in [0.25, 0.3) is 0 Å². The zero-order valence-corrected chi connectivity index (χ0v) is 18.9. The van der Waals surface area contributed by atoms with Gasteiger partial charge < -0.3 is 9.47 Å². The number of benzene rings is 3. The Morgan fingerprint density at radius 3 is 2.18 bits per heavy atom. The minimum atomic E-state index is -0.417. The molecular formula is C30H26O3. The second-order valence-electron chi connectivity index (χ2n) is 8.59. The SMILES string of the molecule is COc1cc(CC2(Cc3ccccc3)C3=CC=CC(=O)C3=Cc3ccccc32)cc(OC)c1. The average molecular weight is 435 g/mol. The van der Waals surface area contributed by atoms with E-state index in [0.717, 1.165) is 40.2 Å². The van der Waals surface area contributed by atoms with Crippen molar-refractivity contribution in [3.8, 4) is 11.5 Å². The number of rotatable bonds is 6. The molecule has 0 amide bonds. The summed E-state index contributed by atoms with van der Waals surface area (Å²) in [4.78, 5) is 13.0. The molecule has 2 aliphatic carbocycles. The van der Waals surface area contributed by atoms with Crippen molar-refractivity contribution in [1.29, 1.82) is 0 Å². The first-order valence-electron chi connectivity index (χ1n) is 11.1. The van der Waals surface area contributed by atoms with E-state index in [2.05, 4.69) is 60.7 Å². The average Bonchev–Trinajstić information content (AvgIpc) is 2.85. The molecule has 0 aromatic heterocycles. The molecule has 3 aromatic rings. The number of allylic oxidation sites excluding steroid dienone is 5. The van der Waals surface area contributed by atoms with Gasteiger partial charge in [-0.3, -0.25) is 4.79 Å². The van der Waals surface area contributed by atoms with Crippen LogP contribution in [0.1, 0.15) is 22.3 Å². The van der Waals surface area contributed by atoms with E-state index in [4.69, 9.17) is 9.47 Å². The maximum Gasteiger partial charge on any atom is 0.186 e. The second-order valence-corrected chi connectivity index (χ2v) is 8.59. The van der Waals surface area contributed by atoms with Crippen LogP contribution < -0.4 is 9.47 Å². The molecule has 33 heavy (non-hydrogen) atoms. The zero-order valence-electron chi connectivity index (χ0n) is 18.9. The lowest BCUT2D eigenvalue weighted by atomic mass is 9.60. The topological polar surface area (TPSA) is 35.5 Å². The Bertz CT molecular complexity index is 1270. The van der Waals surface area contributed by atoms with Gasteiger partial charge >= 0.3 is 0 Å². The van der Waals surface area contributed by atoms with E-state index >= 15 is 0 Å². The molecule has 0 radical (unpaired) electrons. The Hall–Kier alpha value is -3.85. The third-order valence-corrected chi connectivity index (χ3v) is 6.62. The lowest BCUT2D eigenvalue weighted by molar-refractivity contribution is -0.111. The lowest BCUT2D eigenvalue weighted by Crippen LogP contribution is -2.39. The molecule has 1 atom stereocenters. The van der Waals surface area contributed by atoms with Crippen LogP contribution in [0, 0.1) is 0 Å². The molecule has 0 spiro atoms. The minimum absolute atomic E-state index is 0.0580. The molecule has 3 heteroatoms. The van der Waals surface area contributed by atoms with Crippen molar-refractivity contribution in [3.63, 3.8) is 0 Å². The highest BCUT2D eigenvalue weighted by Gasteiger charge is 2.43. The zero-order chi connectivity index (χ0) is 22.8. The summed E-state index contributed by atoms with van der Waals surface area (Å²) in [6, 6.07) is 25.0. The van der Waals surface area contributed by atoms with E-state index in [1.807, 2.05) is 30.4 Å². The summed E-state index contributed by atoms with van der Waals surface area (Å²) in [7, 11) is 3.34. The first-order chi connectivity index (χ1) is 16.1. The van der Waals surface area contributed by atoms with Crippen LogP contribution in [0.15, 0.2) is 102 Å². The number of hydrogen-bond donors (Lipinski definition) is 0. The Balaban J connectivity index is 1.75. The van der Waals surface area contributed by atoms with E-state index in [1.54, 1.807) is 20.3 Å². The third-order valence-electron chi connectivity index (χ3n) is 6.62. The molecule has 1 unspecified atom stereocenters. The van der Waals surface area contributed by atoms with Crippen LogP contribution in [0.3, 0.4) is 0 Å². The Kier molecular flexibility index (Phi) is 5.47. The molecule has 0 saturated carbocycles. The van der Waals surface area contributed by atoms with Gasteiger partial charge in [0.2, 0.25) is 0 Å². The van der Waals surface area contributed by atoms with Gasteiger partial charge in [-0.25, -0.2) is 0 Å². The minimum Gasteiger partial charge on any atom is -0.497 e. The maximum absolute atomic E-state index is 13.0. The van der Waals surface area contributed by atoms with E-state index in [9.17, 15) is 4.79 Å². The molecule has 0 aliphatic heterocycles. The van der Waals surface area contributed by atoms with Crippen LogP contribution >= 0.6 is 0 Å². The molecule has 2 aliphatic rings. The number of hydrogen-bond acceptors (Lipinski definition) is 3. The molecule has 3 nitrogen and oxygen atoms in total. The normalized spacial score (nSPS) is 18.7. The maximum atomic E-state index is 13.0. The highest BCUT2D eigenvalue weighted by molar-refractivity contribution is 6.13. The van der Waals surface area contributed by atoms with Crippen molar-refractivity contribution in [2.75, 3.05) is 14.2 Å². The molecule has 0 N–H and O–H groups in total. The van der Waals surface area contributed by atoms with Crippen molar-refractivity contribution in [2.24, 2.45) is 0 Å². The quantitative estimate of drug-likeness (QED) is 0.485. The number of carbonyl (C=O) groups excluding carboxylic acids is 1. The molecular weight excluding hydrogens is 408 g/mol. The summed E-state index contributed by atoms with van der Waals surface area (Å²) in [5.74, 6) is 1.57. The Morgan fingerprint density at radius 2 is 1.45 bits per heavy atom. The van der Waals surface area contributed by atoms with Crippen LogP contribution in [0.4, 0.5) is 0 Å².